The predicted molar refractivity (Wildman–Crippen MR) is 74.4 cm³/mol. The third kappa shape index (κ3) is 3.32. The molecule has 98 valence electrons. The minimum absolute atomic E-state index is 0.188. The Balaban J connectivity index is 2.11. The van der Waals surface area contributed by atoms with E-state index in [0.29, 0.717) is 18.2 Å². The second kappa shape index (κ2) is 5.84. The molecule has 0 aliphatic heterocycles. The molecule has 0 unspecified atom stereocenters. The number of carboxylic acid groups (broad SMARTS) is 1. The van der Waals surface area contributed by atoms with Gasteiger partial charge in [0.1, 0.15) is 6.61 Å². The molecule has 5 heteroatoms. The molecule has 1 aromatic heterocycles. The van der Waals surface area contributed by atoms with Gasteiger partial charge in [-0.2, -0.15) is 0 Å². The van der Waals surface area contributed by atoms with Gasteiger partial charge in [0, 0.05) is 16.1 Å². The van der Waals surface area contributed by atoms with Crippen LogP contribution >= 0.6 is 15.9 Å². The van der Waals surface area contributed by atoms with E-state index >= 15 is 0 Å². The number of pyridine rings is 1. The first-order valence-corrected chi connectivity index (χ1v) is 6.44. The van der Waals surface area contributed by atoms with Crippen LogP contribution in [0.4, 0.5) is 0 Å². The van der Waals surface area contributed by atoms with E-state index in [9.17, 15) is 4.79 Å². The molecule has 0 radical (unpaired) electrons. The Hall–Kier alpha value is -1.88. The van der Waals surface area contributed by atoms with E-state index in [1.807, 2.05) is 24.3 Å². The van der Waals surface area contributed by atoms with Crippen molar-refractivity contribution < 1.29 is 14.6 Å². The average molecular weight is 322 g/mol. The quantitative estimate of drug-likeness (QED) is 0.937. The number of benzene rings is 1. The van der Waals surface area contributed by atoms with Gasteiger partial charge in [0.2, 0.25) is 5.88 Å². The minimum Gasteiger partial charge on any atom is -0.478 e. The van der Waals surface area contributed by atoms with E-state index in [4.69, 9.17) is 9.84 Å². The maximum Gasteiger partial charge on any atom is 0.337 e. The summed E-state index contributed by atoms with van der Waals surface area (Å²) in [5.41, 5.74) is 1.63. The van der Waals surface area contributed by atoms with Crippen LogP contribution < -0.4 is 4.74 Å². The highest BCUT2D eigenvalue weighted by molar-refractivity contribution is 9.10. The zero-order valence-electron chi connectivity index (χ0n) is 10.3. The van der Waals surface area contributed by atoms with E-state index in [1.54, 1.807) is 13.0 Å². The summed E-state index contributed by atoms with van der Waals surface area (Å²) >= 11 is 3.44. The smallest absolute Gasteiger partial charge is 0.337 e. The summed E-state index contributed by atoms with van der Waals surface area (Å²) in [6.45, 7) is 2.02. The Morgan fingerprint density at radius 1 is 1.32 bits per heavy atom. The predicted octanol–water partition coefficient (Wildman–Crippen LogP) is 3.43. The van der Waals surface area contributed by atoms with Crippen molar-refractivity contribution in [2.75, 3.05) is 0 Å². The van der Waals surface area contributed by atoms with Crippen LogP contribution in [0.5, 0.6) is 5.88 Å². The average Bonchev–Trinajstić information content (AvgIpc) is 2.37. The van der Waals surface area contributed by atoms with E-state index in [0.717, 1.165) is 10.0 Å². The Kier molecular flexibility index (Phi) is 4.16. The molecule has 0 amide bonds. The van der Waals surface area contributed by atoms with Crippen LogP contribution in [0, 0.1) is 6.92 Å². The second-order valence-electron chi connectivity index (χ2n) is 3.97. The number of halogens is 1. The van der Waals surface area contributed by atoms with Crippen molar-refractivity contribution in [1.82, 2.24) is 4.98 Å². The van der Waals surface area contributed by atoms with Crippen LogP contribution in [0.2, 0.25) is 0 Å². The molecule has 0 saturated heterocycles. The molecule has 1 aromatic carbocycles. The third-order valence-electron chi connectivity index (χ3n) is 2.62. The number of hydrogen-bond acceptors (Lipinski definition) is 3. The Labute approximate surface area is 119 Å². The number of carbonyl (C=O) groups is 1. The van der Waals surface area contributed by atoms with E-state index in [2.05, 4.69) is 20.9 Å². The zero-order chi connectivity index (χ0) is 13.8. The van der Waals surface area contributed by atoms with Crippen LogP contribution in [-0.4, -0.2) is 16.1 Å². The fourth-order valence-corrected chi connectivity index (χ4v) is 2.01. The van der Waals surface area contributed by atoms with E-state index < -0.39 is 5.97 Å². The Bertz CT molecular complexity index is 613. The maximum atomic E-state index is 10.9. The third-order valence-corrected chi connectivity index (χ3v) is 3.40. The van der Waals surface area contributed by atoms with Crippen LogP contribution in [0.1, 0.15) is 21.6 Å². The first-order valence-electron chi connectivity index (χ1n) is 5.65. The number of ether oxygens (including phenoxy) is 1. The zero-order valence-corrected chi connectivity index (χ0v) is 11.8. The summed E-state index contributed by atoms with van der Waals surface area (Å²) in [6.07, 6.45) is 0. The molecule has 0 aliphatic carbocycles. The number of hydrogen-bond donors (Lipinski definition) is 1. The van der Waals surface area contributed by atoms with Crippen molar-refractivity contribution >= 4 is 21.9 Å². The molecule has 0 aliphatic rings. The van der Waals surface area contributed by atoms with Gasteiger partial charge >= 0.3 is 5.97 Å². The van der Waals surface area contributed by atoms with Crippen LogP contribution in [0.3, 0.4) is 0 Å². The van der Waals surface area contributed by atoms with Crippen LogP contribution in [0.15, 0.2) is 40.9 Å². The van der Waals surface area contributed by atoms with Crippen molar-refractivity contribution in [2.24, 2.45) is 0 Å². The highest BCUT2D eigenvalue weighted by Gasteiger charge is 2.09. The van der Waals surface area contributed by atoms with Gasteiger partial charge in [0.25, 0.3) is 0 Å². The number of aromatic nitrogens is 1. The molecular weight excluding hydrogens is 310 g/mol. The normalized spacial score (nSPS) is 10.2. The summed E-state index contributed by atoms with van der Waals surface area (Å²) in [6, 6.07) is 10.8. The van der Waals surface area contributed by atoms with Gasteiger partial charge in [-0.25, -0.2) is 9.78 Å². The summed E-state index contributed by atoms with van der Waals surface area (Å²) < 4.78 is 6.52. The lowest BCUT2D eigenvalue weighted by Crippen LogP contribution is -2.04. The molecule has 2 aromatic rings. The molecule has 0 saturated carbocycles. The fraction of sp³-hybridized carbons (Fsp3) is 0.143. The first-order chi connectivity index (χ1) is 9.08. The largest absolute Gasteiger partial charge is 0.478 e. The van der Waals surface area contributed by atoms with Crippen LogP contribution in [0.25, 0.3) is 0 Å². The van der Waals surface area contributed by atoms with Crippen LogP contribution in [-0.2, 0) is 6.61 Å². The SMILES string of the molecule is Cc1nc(OCc2ccccc2Br)ccc1C(=O)O. The summed E-state index contributed by atoms with van der Waals surface area (Å²) in [5, 5.41) is 8.91. The van der Waals surface area contributed by atoms with Gasteiger partial charge in [-0.1, -0.05) is 34.1 Å². The molecule has 2 rings (SSSR count). The Morgan fingerprint density at radius 2 is 2.05 bits per heavy atom. The lowest BCUT2D eigenvalue weighted by atomic mass is 10.2. The lowest BCUT2D eigenvalue weighted by molar-refractivity contribution is 0.0695. The minimum atomic E-state index is -0.984. The molecule has 4 nitrogen and oxygen atoms in total. The van der Waals surface area contributed by atoms with Crippen molar-refractivity contribution in [3.05, 3.63) is 57.7 Å². The highest BCUT2D eigenvalue weighted by Crippen LogP contribution is 2.19. The number of aryl methyl sites for hydroxylation is 1. The first kappa shape index (κ1) is 13.5. The monoisotopic (exact) mass is 321 g/mol. The van der Waals surface area contributed by atoms with E-state index in [-0.39, 0.29) is 5.56 Å². The maximum absolute atomic E-state index is 10.9. The van der Waals surface area contributed by atoms with Gasteiger partial charge in [0.05, 0.1) is 11.3 Å². The topological polar surface area (TPSA) is 59.4 Å². The molecule has 0 bridgehead atoms. The van der Waals surface area contributed by atoms with Crippen molar-refractivity contribution in [2.45, 2.75) is 13.5 Å². The molecule has 0 spiro atoms. The summed E-state index contributed by atoms with van der Waals surface area (Å²) in [7, 11) is 0. The second-order valence-corrected chi connectivity index (χ2v) is 4.82. The Morgan fingerprint density at radius 3 is 2.68 bits per heavy atom. The van der Waals surface area contributed by atoms with Gasteiger partial charge in [0.15, 0.2) is 0 Å². The van der Waals surface area contributed by atoms with Gasteiger partial charge in [-0.05, 0) is 19.1 Å². The molecule has 19 heavy (non-hydrogen) atoms. The van der Waals surface area contributed by atoms with Gasteiger partial charge < -0.3 is 9.84 Å². The molecule has 1 heterocycles. The fourth-order valence-electron chi connectivity index (χ4n) is 1.61. The van der Waals surface area contributed by atoms with Crippen molar-refractivity contribution in [3.63, 3.8) is 0 Å². The van der Waals surface area contributed by atoms with Gasteiger partial charge in [-0.15, -0.1) is 0 Å². The molecular formula is C14H12BrNO3. The summed E-state index contributed by atoms with van der Waals surface area (Å²) in [4.78, 5) is 15.0. The highest BCUT2D eigenvalue weighted by atomic mass is 79.9. The number of nitrogens with zero attached hydrogens (tertiary/aromatic N) is 1. The number of rotatable bonds is 4. The van der Waals surface area contributed by atoms with Crippen molar-refractivity contribution in [3.8, 4) is 5.88 Å². The molecule has 0 fully saturated rings. The van der Waals surface area contributed by atoms with Gasteiger partial charge in [-0.3, -0.25) is 0 Å². The molecule has 1 N–H and O–H groups in total. The lowest BCUT2D eigenvalue weighted by Gasteiger charge is -2.08. The van der Waals surface area contributed by atoms with E-state index in [1.165, 1.54) is 6.07 Å². The standard InChI is InChI=1S/C14H12BrNO3/c1-9-11(14(17)18)6-7-13(16-9)19-8-10-4-2-3-5-12(10)15/h2-7H,8H2,1H3,(H,17,18). The summed E-state index contributed by atoms with van der Waals surface area (Å²) in [5.74, 6) is -0.569. The number of carboxylic acids is 1. The number of aromatic carboxylic acids is 1. The van der Waals surface area contributed by atoms with Crippen molar-refractivity contribution in [1.29, 1.82) is 0 Å². The molecule has 0 atom stereocenters.